The Morgan fingerprint density at radius 3 is 2.91 bits per heavy atom. The zero-order chi connectivity index (χ0) is 8.69. The summed E-state index contributed by atoms with van der Waals surface area (Å²) in [5.74, 6) is -0.0922. The van der Waals surface area contributed by atoms with E-state index >= 15 is 0 Å². The van der Waals surface area contributed by atoms with Crippen LogP contribution in [0.15, 0.2) is 0 Å². The first-order valence-electron chi connectivity index (χ1n) is 3.37. The summed E-state index contributed by atoms with van der Waals surface area (Å²) in [5, 5.41) is 10.1. The fourth-order valence-corrected chi connectivity index (χ4v) is 0.773. The number of carbonyl (C=O) groups is 1. The van der Waals surface area contributed by atoms with E-state index in [0.29, 0.717) is 13.0 Å². The molecule has 62 valence electrons. The van der Waals surface area contributed by atoms with E-state index in [1.54, 1.807) is 13.3 Å². The van der Waals surface area contributed by atoms with E-state index in [9.17, 15) is 4.79 Å². The van der Waals surface area contributed by atoms with Gasteiger partial charge in [0.25, 0.3) is 0 Å². The van der Waals surface area contributed by atoms with Gasteiger partial charge in [-0.15, -0.1) is 0 Å². The van der Waals surface area contributed by atoms with E-state index < -0.39 is 0 Å². The predicted octanol–water partition coefficient (Wildman–Crippen LogP) is 0.256. The number of methoxy groups -OCH3 is 1. The van der Waals surface area contributed by atoms with Crippen LogP contribution in [0.2, 0.25) is 0 Å². The Bertz CT molecular complexity index is 162. The van der Waals surface area contributed by atoms with Gasteiger partial charge in [0.2, 0.25) is 5.91 Å². The molecular weight excluding hydrogens is 144 g/mol. The highest BCUT2D eigenvalue weighted by Gasteiger charge is 2.07. The smallest absolute Gasteiger partial charge is 0.233 e. The molecule has 0 aliphatic carbocycles. The SMILES string of the molecule is COCC(C)CC(=O)NC#N. The van der Waals surface area contributed by atoms with E-state index in [1.165, 1.54) is 0 Å². The number of hydrogen-bond donors (Lipinski definition) is 1. The lowest BCUT2D eigenvalue weighted by molar-refractivity contribution is -0.121. The minimum absolute atomic E-state index is 0.161. The van der Waals surface area contributed by atoms with Gasteiger partial charge in [-0.3, -0.25) is 10.1 Å². The maximum Gasteiger partial charge on any atom is 0.233 e. The van der Waals surface area contributed by atoms with Crippen molar-refractivity contribution in [2.75, 3.05) is 13.7 Å². The molecule has 1 atom stereocenters. The van der Waals surface area contributed by atoms with Gasteiger partial charge in [-0.05, 0) is 5.92 Å². The van der Waals surface area contributed by atoms with E-state index in [0.717, 1.165) is 0 Å². The van der Waals surface area contributed by atoms with Crippen LogP contribution in [-0.2, 0) is 9.53 Å². The third-order valence-corrected chi connectivity index (χ3v) is 1.18. The molecule has 4 heteroatoms. The van der Waals surface area contributed by atoms with Crippen molar-refractivity contribution in [3.8, 4) is 6.19 Å². The molecule has 0 spiro atoms. The average molecular weight is 156 g/mol. The molecule has 0 aliphatic heterocycles. The van der Waals surface area contributed by atoms with Gasteiger partial charge < -0.3 is 4.74 Å². The Hall–Kier alpha value is -1.08. The van der Waals surface area contributed by atoms with Crippen LogP contribution in [0.1, 0.15) is 13.3 Å². The average Bonchev–Trinajstić information content (AvgIpc) is 1.87. The monoisotopic (exact) mass is 156 g/mol. The number of hydrogen-bond acceptors (Lipinski definition) is 3. The van der Waals surface area contributed by atoms with Crippen molar-refractivity contribution in [2.24, 2.45) is 5.92 Å². The largest absolute Gasteiger partial charge is 0.384 e. The lowest BCUT2D eigenvalue weighted by atomic mass is 10.1. The molecule has 1 amide bonds. The van der Waals surface area contributed by atoms with Gasteiger partial charge in [0, 0.05) is 20.1 Å². The van der Waals surface area contributed by atoms with Crippen LogP contribution in [0.25, 0.3) is 0 Å². The van der Waals surface area contributed by atoms with Gasteiger partial charge in [-0.1, -0.05) is 6.92 Å². The van der Waals surface area contributed by atoms with E-state index in [4.69, 9.17) is 10.00 Å². The molecule has 0 aromatic carbocycles. The summed E-state index contributed by atoms with van der Waals surface area (Å²) in [7, 11) is 1.58. The molecule has 0 aliphatic rings. The van der Waals surface area contributed by atoms with Crippen LogP contribution >= 0.6 is 0 Å². The van der Waals surface area contributed by atoms with Crippen LogP contribution in [0, 0.1) is 17.4 Å². The molecule has 0 heterocycles. The van der Waals surface area contributed by atoms with Gasteiger partial charge in [0.05, 0.1) is 0 Å². The minimum atomic E-state index is -0.253. The molecular formula is C7H12N2O2. The molecule has 1 N–H and O–H groups in total. The topological polar surface area (TPSA) is 62.1 Å². The minimum Gasteiger partial charge on any atom is -0.384 e. The van der Waals surface area contributed by atoms with E-state index in [-0.39, 0.29) is 11.8 Å². The number of rotatable bonds is 4. The van der Waals surface area contributed by atoms with Crippen LogP contribution in [0.5, 0.6) is 0 Å². The lowest BCUT2D eigenvalue weighted by Crippen LogP contribution is -2.21. The summed E-state index contributed by atoms with van der Waals surface area (Å²) in [5.41, 5.74) is 0. The predicted molar refractivity (Wildman–Crippen MR) is 39.4 cm³/mol. The van der Waals surface area contributed by atoms with E-state index in [1.807, 2.05) is 12.2 Å². The fourth-order valence-electron chi connectivity index (χ4n) is 0.773. The molecule has 0 bridgehead atoms. The highest BCUT2D eigenvalue weighted by molar-refractivity contribution is 5.77. The van der Waals surface area contributed by atoms with Crippen molar-refractivity contribution in [1.29, 1.82) is 5.26 Å². The summed E-state index contributed by atoms with van der Waals surface area (Å²) in [6.07, 6.45) is 1.91. The molecule has 0 rings (SSSR count). The standard InChI is InChI=1S/C7H12N2O2/c1-6(4-11-2)3-7(10)9-5-8/h6H,3-4H2,1-2H3,(H,9,10). The Morgan fingerprint density at radius 2 is 2.45 bits per heavy atom. The van der Waals surface area contributed by atoms with Crippen LogP contribution in [0.3, 0.4) is 0 Å². The first kappa shape index (κ1) is 9.92. The van der Waals surface area contributed by atoms with Crippen molar-refractivity contribution >= 4 is 5.91 Å². The van der Waals surface area contributed by atoms with Crippen LogP contribution in [0.4, 0.5) is 0 Å². The summed E-state index contributed by atoms with van der Waals surface area (Å²) >= 11 is 0. The number of ether oxygens (including phenoxy) is 1. The summed E-state index contributed by atoms with van der Waals surface area (Å²) in [6, 6.07) is 0. The van der Waals surface area contributed by atoms with Gasteiger partial charge in [-0.25, -0.2) is 0 Å². The van der Waals surface area contributed by atoms with Crippen molar-refractivity contribution in [3.63, 3.8) is 0 Å². The number of carbonyl (C=O) groups excluding carboxylic acids is 1. The Balaban J connectivity index is 3.50. The lowest BCUT2D eigenvalue weighted by Gasteiger charge is -2.06. The molecule has 0 saturated carbocycles. The van der Waals surface area contributed by atoms with Crippen molar-refractivity contribution in [2.45, 2.75) is 13.3 Å². The normalized spacial score (nSPS) is 11.7. The third-order valence-electron chi connectivity index (χ3n) is 1.18. The molecule has 1 unspecified atom stereocenters. The van der Waals surface area contributed by atoms with Gasteiger partial charge in [-0.2, -0.15) is 5.26 Å². The second-order valence-corrected chi connectivity index (χ2v) is 2.42. The van der Waals surface area contributed by atoms with Gasteiger partial charge in [0.15, 0.2) is 6.19 Å². The maximum absolute atomic E-state index is 10.7. The van der Waals surface area contributed by atoms with Crippen LogP contribution < -0.4 is 5.32 Å². The Kier molecular flexibility index (Phi) is 5.13. The molecule has 4 nitrogen and oxygen atoms in total. The molecule has 11 heavy (non-hydrogen) atoms. The molecule has 0 saturated heterocycles. The van der Waals surface area contributed by atoms with Gasteiger partial charge in [0.1, 0.15) is 0 Å². The van der Waals surface area contributed by atoms with Gasteiger partial charge >= 0.3 is 0 Å². The fraction of sp³-hybridized carbons (Fsp3) is 0.714. The van der Waals surface area contributed by atoms with Crippen molar-refractivity contribution in [1.82, 2.24) is 5.32 Å². The number of amides is 1. The third kappa shape index (κ3) is 5.37. The second-order valence-electron chi connectivity index (χ2n) is 2.42. The summed E-state index contributed by atoms with van der Waals surface area (Å²) in [6.45, 7) is 2.43. The van der Waals surface area contributed by atoms with Crippen molar-refractivity contribution < 1.29 is 9.53 Å². The zero-order valence-corrected chi connectivity index (χ0v) is 6.76. The summed E-state index contributed by atoms with van der Waals surface area (Å²) < 4.78 is 4.82. The first-order valence-corrected chi connectivity index (χ1v) is 3.37. The Morgan fingerprint density at radius 1 is 1.82 bits per heavy atom. The zero-order valence-electron chi connectivity index (χ0n) is 6.76. The number of nitrogens with one attached hydrogen (secondary N) is 1. The molecule has 0 aromatic heterocycles. The summed E-state index contributed by atoms with van der Waals surface area (Å²) in [4.78, 5) is 10.7. The Labute approximate surface area is 66.1 Å². The van der Waals surface area contributed by atoms with Crippen molar-refractivity contribution in [3.05, 3.63) is 0 Å². The first-order chi connectivity index (χ1) is 5.20. The molecule has 0 radical (unpaired) electrons. The number of nitriles is 1. The number of nitrogens with zero attached hydrogens (tertiary/aromatic N) is 1. The molecule has 0 aromatic rings. The highest BCUT2D eigenvalue weighted by Crippen LogP contribution is 2.00. The van der Waals surface area contributed by atoms with Crippen LogP contribution in [-0.4, -0.2) is 19.6 Å². The highest BCUT2D eigenvalue weighted by atomic mass is 16.5. The maximum atomic E-state index is 10.7. The van der Waals surface area contributed by atoms with E-state index in [2.05, 4.69) is 0 Å². The quantitative estimate of drug-likeness (QED) is 0.469. The molecule has 0 fully saturated rings. The second kappa shape index (κ2) is 5.69.